The van der Waals surface area contributed by atoms with Crippen molar-refractivity contribution >= 4 is 40.2 Å². The predicted octanol–water partition coefficient (Wildman–Crippen LogP) is 1.27. The fourth-order valence-corrected chi connectivity index (χ4v) is 4.65. The fourth-order valence-electron chi connectivity index (χ4n) is 4.65. The van der Waals surface area contributed by atoms with Gasteiger partial charge in [0.15, 0.2) is 11.7 Å². The molecule has 1 aliphatic heterocycles. The molecule has 2 aromatic rings. The minimum atomic E-state index is -1.23. The van der Waals surface area contributed by atoms with Crippen LogP contribution in [-0.4, -0.2) is 77.2 Å². The Labute approximate surface area is 226 Å². The average molecular weight is 542 g/mol. The number of ketones is 1. The number of carbonyl (C=O) groups is 4. The fraction of sp³-hybridized carbons (Fsp3) is 0.481. The molecule has 2 unspecified atom stereocenters. The van der Waals surface area contributed by atoms with Crippen molar-refractivity contribution < 1.29 is 23.6 Å². The lowest BCUT2D eigenvalue weighted by atomic mass is 10.0. The molecule has 210 valence electrons. The van der Waals surface area contributed by atoms with E-state index < -0.39 is 42.4 Å². The summed E-state index contributed by atoms with van der Waals surface area (Å²) in [7, 11) is 0. The Balaban J connectivity index is 1.68. The Hall–Kier alpha value is -4.09. The van der Waals surface area contributed by atoms with Crippen molar-refractivity contribution in [3.8, 4) is 0 Å². The summed E-state index contributed by atoms with van der Waals surface area (Å²) in [6.07, 6.45) is 4.82. The van der Waals surface area contributed by atoms with Crippen LogP contribution in [0.3, 0.4) is 0 Å². The summed E-state index contributed by atoms with van der Waals surface area (Å²) in [6, 6.07) is 4.21. The van der Waals surface area contributed by atoms with Crippen LogP contribution in [0.1, 0.15) is 49.9 Å². The molecule has 0 aliphatic carbocycles. The van der Waals surface area contributed by atoms with E-state index >= 15 is 0 Å². The van der Waals surface area contributed by atoms with Gasteiger partial charge >= 0.3 is 0 Å². The molecule has 12 heteroatoms. The first-order chi connectivity index (χ1) is 18.6. The second-order valence-electron chi connectivity index (χ2n) is 9.97. The van der Waals surface area contributed by atoms with Gasteiger partial charge in [-0.05, 0) is 55.2 Å². The number of fused-ring (bicyclic) bond motifs is 1. The van der Waals surface area contributed by atoms with Crippen LogP contribution in [0, 0.1) is 11.3 Å². The van der Waals surface area contributed by atoms with E-state index in [1.165, 1.54) is 4.90 Å². The van der Waals surface area contributed by atoms with Crippen molar-refractivity contribution in [2.75, 3.05) is 19.8 Å². The van der Waals surface area contributed by atoms with Gasteiger partial charge in [-0.25, -0.2) is 4.39 Å². The number of aromatic nitrogens is 1. The van der Waals surface area contributed by atoms with Crippen LogP contribution < -0.4 is 21.7 Å². The maximum Gasteiger partial charge on any atom is 0.251 e. The molecule has 11 nitrogen and oxygen atoms in total. The van der Waals surface area contributed by atoms with Crippen LogP contribution in [0.2, 0.25) is 0 Å². The number of nitrogens with one attached hydrogen (secondary N) is 4. The van der Waals surface area contributed by atoms with Gasteiger partial charge in [-0.3, -0.25) is 29.6 Å². The number of likely N-dealkylation sites (tertiary alicyclic amines) is 1. The molecule has 6 N–H and O–H groups in total. The first-order valence-corrected chi connectivity index (χ1v) is 13.0. The second kappa shape index (κ2) is 13.6. The molecular formula is C27H36FN7O4. The Morgan fingerprint density at radius 1 is 1.18 bits per heavy atom. The lowest BCUT2D eigenvalue weighted by molar-refractivity contribution is -0.141. The van der Waals surface area contributed by atoms with Gasteiger partial charge in [0.2, 0.25) is 11.8 Å². The van der Waals surface area contributed by atoms with Crippen LogP contribution in [0.4, 0.5) is 4.39 Å². The SMILES string of the molecule is CC(C)C(NC(=O)c1ccc2cnccc2c1)C(=O)N1CCC[C@H]1C(=O)NC(CCCNC(=N)N)C(=O)CF. The number of alkyl halides is 1. The molecule has 2 heterocycles. The second-order valence-corrected chi connectivity index (χ2v) is 9.97. The molecule has 1 saturated heterocycles. The van der Waals surface area contributed by atoms with Gasteiger partial charge in [0, 0.05) is 36.4 Å². The minimum absolute atomic E-state index is 0.155. The number of nitrogens with zero attached hydrogens (tertiary/aromatic N) is 2. The van der Waals surface area contributed by atoms with Gasteiger partial charge in [-0.15, -0.1) is 0 Å². The molecule has 0 radical (unpaired) electrons. The van der Waals surface area contributed by atoms with Gasteiger partial charge in [-0.2, -0.15) is 0 Å². The molecular weight excluding hydrogens is 505 g/mol. The van der Waals surface area contributed by atoms with Crippen LogP contribution in [0.25, 0.3) is 10.8 Å². The maximum absolute atomic E-state index is 13.6. The van der Waals surface area contributed by atoms with E-state index in [4.69, 9.17) is 11.1 Å². The standard InChI is InChI=1S/C27H36FN7O4/c1-16(2)23(34-24(37)18-7-8-19-15-31-11-9-17(19)13-18)26(39)35-12-4-6-21(35)25(38)33-20(22(36)14-28)5-3-10-32-27(29)30/h7-9,11,13,15-16,20-21,23H,3-6,10,12,14H2,1-2H3,(H,33,38)(H,34,37)(H4,29,30,32)/t20?,21-,23?/m0/s1. The number of carbonyl (C=O) groups excluding carboxylic acids is 4. The molecule has 1 aromatic heterocycles. The largest absolute Gasteiger partial charge is 0.370 e. The highest BCUT2D eigenvalue weighted by Gasteiger charge is 2.39. The van der Waals surface area contributed by atoms with E-state index in [-0.39, 0.29) is 24.2 Å². The number of amides is 3. The van der Waals surface area contributed by atoms with E-state index in [0.717, 1.165) is 10.8 Å². The maximum atomic E-state index is 13.6. The summed E-state index contributed by atoms with van der Waals surface area (Å²) < 4.78 is 13.2. The van der Waals surface area contributed by atoms with E-state index in [2.05, 4.69) is 20.9 Å². The number of hydrogen-bond donors (Lipinski definition) is 5. The lowest BCUT2D eigenvalue weighted by Crippen LogP contribution is -2.56. The third-order valence-electron chi connectivity index (χ3n) is 6.78. The third-order valence-corrected chi connectivity index (χ3v) is 6.78. The molecule has 1 aromatic carbocycles. The quantitative estimate of drug-likeness (QED) is 0.153. The molecule has 1 fully saturated rings. The number of guanidine groups is 1. The third kappa shape index (κ3) is 7.71. The number of halogens is 1. The number of nitrogens with two attached hydrogens (primary N) is 1. The van der Waals surface area contributed by atoms with Crippen molar-refractivity contribution in [1.82, 2.24) is 25.8 Å². The highest BCUT2D eigenvalue weighted by molar-refractivity contribution is 6.01. The molecule has 3 atom stereocenters. The van der Waals surface area contributed by atoms with Crippen LogP contribution in [-0.2, 0) is 14.4 Å². The van der Waals surface area contributed by atoms with Crippen molar-refractivity contribution in [2.24, 2.45) is 11.7 Å². The Bertz CT molecular complexity index is 1220. The normalized spacial score (nSPS) is 16.5. The van der Waals surface area contributed by atoms with Crippen molar-refractivity contribution in [3.05, 3.63) is 42.2 Å². The molecule has 0 bridgehead atoms. The summed E-state index contributed by atoms with van der Waals surface area (Å²) >= 11 is 0. The monoisotopic (exact) mass is 541 g/mol. The van der Waals surface area contributed by atoms with Gasteiger partial charge in [0.05, 0.1) is 6.04 Å². The van der Waals surface area contributed by atoms with E-state index in [1.807, 2.05) is 13.8 Å². The van der Waals surface area contributed by atoms with E-state index in [0.29, 0.717) is 37.9 Å². The van der Waals surface area contributed by atoms with Crippen LogP contribution >= 0.6 is 0 Å². The topological polar surface area (TPSA) is 170 Å². The van der Waals surface area contributed by atoms with Crippen LogP contribution in [0.5, 0.6) is 0 Å². The van der Waals surface area contributed by atoms with Gasteiger partial charge < -0.3 is 26.6 Å². The molecule has 1 aliphatic rings. The molecule has 0 saturated carbocycles. The first-order valence-electron chi connectivity index (χ1n) is 13.0. The summed E-state index contributed by atoms with van der Waals surface area (Å²) in [5, 5.41) is 16.9. The zero-order valence-electron chi connectivity index (χ0n) is 22.2. The van der Waals surface area contributed by atoms with Crippen molar-refractivity contribution in [2.45, 2.75) is 57.7 Å². The number of Topliss-reactive ketones (excluding diaryl/α,β-unsaturated/α-hetero) is 1. The Kier molecular flexibility index (Phi) is 10.3. The molecule has 3 amide bonds. The number of hydrogen-bond acceptors (Lipinski definition) is 6. The molecule has 3 rings (SSSR count). The van der Waals surface area contributed by atoms with Gasteiger partial charge in [0.25, 0.3) is 5.91 Å². The highest BCUT2D eigenvalue weighted by atomic mass is 19.1. The predicted molar refractivity (Wildman–Crippen MR) is 145 cm³/mol. The zero-order chi connectivity index (χ0) is 28.5. The minimum Gasteiger partial charge on any atom is -0.370 e. The Morgan fingerprint density at radius 2 is 1.95 bits per heavy atom. The summed E-state index contributed by atoms with van der Waals surface area (Å²) in [5.41, 5.74) is 5.64. The highest BCUT2D eigenvalue weighted by Crippen LogP contribution is 2.22. The number of benzene rings is 1. The van der Waals surface area contributed by atoms with Crippen molar-refractivity contribution in [1.29, 1.82) is 5.41 Å². The van der Waals surface area contributed by atoms with Gasteiger partial charge in [0.1, 0.15) is 18.8 Å². The van der Waals surface area contributed by atoms with E-state index in [1.54, 1.807) is 36.7 Å². The number of rotatable bonds is 12. The summed E-state index contributed by atoms with van der Waals surface area (Å²) in [6.45, 7) is 3.00. The molecule has 39 heavy (non-hydrogen) atoms. The van der Waals surface area contributed by atoms with Crippen LogP contribution in [0.15, 0.2) is 36.7 Å². The average Bonchev–Trinajstić information content (AvgIpc) is 3.42. The number of pyridine rings is 1. The lowest BCUT2D eigenvalue weighted by Gasteiger charge is -2.31. The Morgan fingerprint density at radius 3 is 2.64 bits per heavy atom. The smallest absolute Gasteiger partial charge is 0.251 e. The first kappa shape index (κ1) is 29.5. The van der Waals surface area contributed by atoms with E-state index in [9.17, 15) is 23.6 Å². The summed E-state index contributed by atoms with van der Waals surface area (Å²) in [5.74, 6) is -2.58. The van der Waals surface area contributed by atoms with Crippen molar-refractivity contribution in [3.63, 3.8) is 0 Å². The zero-order valence-corrected chi connectivity index (χ0v) is 22.2. The molecule has 0 spiro atoms. The summed E-state index contributed by atoms with van der Waals surface area (Å²) in [4.78, 5) is 57.5. The van der Waals surface area contributed by atoms with Gasteiger partial charge in [-0.1, -0.05) is 19.9 Å².